The maximum absolute atomic E-state index is 11.8. The zero-order valence-corrected chi connectivity index (χ0v) is 9.49. The molecule has 1 aromatic carbocycles. The second kappa shape index (κ2) is 3.67. The Balaban J connectivity index is 2.30. The third-order valence-electron chi connectivity index (χ3n) is 2.36. The molecule has 0 amide bonds. The summed E-state index contributed by atoms with van der Waals surface area (Å²) in [6.45, 7) is 0. The molecule has 0 bridgehead atoms. The summed E-state index contributed by atoms with van der Waals surface area (Å²) in [5, 5.41) is 2.15. The van der Waals surface area contributed by atoms with Crippen LogP contribution in [0.3, 0.4) is 0 Å². The number of nitrogens with two attached hydrogens (primary N) is 1. The summed E-state index contributed by atoms with van der Waals surface area (Å²) >= 11 is 1.29. The number of para-hydroxylation sites is 2. The summed E-state index contributed by atoms with van der Waals surface area (Å²) in [4.78, 5) is 23.0. The number of H-pyrrole nitrogens is 1. The quantitative estimate of drug-likeness (QED) is 0.681. The van der Waals surface area contributed by atoms with Gasteiger partial charge in [0, 0.05) is 5.38 Å². The predicted molar refractivity (Wildman–Crippen MR) is 67.9 cm³/mol. The minimum Gasteiger partial charge on any atom is -0.375 e. The lowest BCUT2D eigenvalue weighted by molar-refractivity contribution is 1.20. The van der Waals surface area contributed by atoms with Gasteiger partial charge < -0.3 is 10.7 Å². The van der Waals surface area contributed by atoms with Gasteiger partial charge in [0.15, 0.2) is 10.8 Å². The number of hydrogen-bond donors (Lipinski definition) is 2. The first-order chi connectivity index (χ1) is 8.24. The lowest BCUT2D eigenvalue weighted by Gasteiger charge is -1.99. The topological polar surface area (TPSA) is 84.7 Å². The molecule has 0 spiro atoms. The molecule has 0 atom stereocenters. The Morgan fingerprint density at radius 3 is 2.82 bits per heavy atom. The van der Waals surface area contributed by atoms with Crippen molar-refractivity contribution in [3.05, 3.63) is 40.0 Å². The maximum Gasteiger partial charge on any atom is 0.276 e. The first-order valence-electron chi connectivity index (χ1n) is 4.94. The number of nitrogens with zero attached hydrogens (tertiary/aromatic N) is 2. The fourth-order valence-corrected chi connectivity index (χ4v) is 2.15. The van der Waals surface area contributed by atoms with Crippen LogP contribution in [0.5, 0.6) is 0 Å². The van der Waals surface area contributed by atoms with Gasteiger partial charge in [-0.3, -0.25) is 4.79 Å². The summed E-state index contributed by atoms with van der Waals surface area (Å²) in [5.74, 6) is 0. The van der Waals surface area contributed by atoms with Crippen molar-refractivity contribution in [3.63, 3.8) is 0 Å². The normalized spacial score (nSPS) is 10.8. The van der Waals surface area contributed by atoms with Crippen LogP contribution in [0.15, 0.2) is 34.4 Å². The first-order valence-corrected chi connectivity index (χ1v) is 5.82. The predicted octanol–water partition coefficient (Wildman–Crippen LogP) is 1.63. The zero-order valence-electron chi connectivity index (χ0n) is 8.68. The maximum atomic E-state index is 11.8. The second-order valence-corrected chi connectivity index (χ2v) is 4.39. The number of anilines is 1. The van der Waals surface area contributed by atoms with E-state index in [9.17, 15) is 4.79 Å². The smallest absolute Gasteiger partial charge is 0.276 e. The molecule has 0 aliphatic carbocycles. The van der Waals surface area contributed by atoms with E-state index in [0.29, 0.717) is 22.0 Å². The second-order valence-electron chi connectivity index (χ2n) is 3.50. The van der Waals surface area contributed by atoms with Gasteiger partial charge in [-0.1, -0.05) is 12.1 Å². The van der Waals surface area contributed by atoms with E-state index in [4.69, 9.17) is 5.73 Å². The fourth-order valence-electron chi connectivity index (χ4n) is 1.60. The molecule has 5 nitrogen and oxygen atoms in total. The molecule has 3 N–H and O–H groups in total. The van der Waals surface area contributed by atoms with Crippen molar-refractivity contribution in [3.8, 4) is 11.4 Å². The molecule has 2 heterocycles. The van der Waals surface area contributed by atoms with Gasteiger partial charge >= 0.3 is 0 Å². The van der Waals surface area contributed by atoms with Crippen molar-refractivity contribution in [2.75, 3.05) is 5.73 Å². The number of thiazole rings is 1. The minimum atomic E-state index is -0.256. The van der Waals surface area contributed by atoms with E-state index in [1.807, 2.05) is 24.3 Å². The molecule has 0 aliphatic heterocycles. The van der Waals surface area contributed by atoms with Crippen LogP contribution in [0.1, 0.15) is 0 Å². The van der Waals surface area contributed by atoms with Crippen molar-refractivity contribution < 1.29 is 0 Å². The monoisotopic (exact) mass is 244 g/mol. The molecular formula is C11H8N4OS. The third-order valence-corrected chi connectivity index (χ3v) is 3.04. The highest BCUT2D eigenvalue weighted by Gasteiger charge is 2.10. The van der Waals surface area contributed by atoms with Crippen LogP contribution in [0.4, 0.5) is 5.13 Å². The zero-order chi connectivity index (χ0) is 11.8. The number of fused-ring (bicyclic) bond motifs is 1. The van der Waals surface area contributed by atoms with Crippen molar-refractivity contribution >= 4 is 27.5 Å². The van der Waals surface area contributed by atoms with Crippen LogP contribution in [-0.2, 0) is 0 Å². The summed E-state index contributed by atoms with van der Waals surface area (Å²) in [5.41, 5.74) is 7.55. The number of nitrogens with one attached hydrogen (secondary N) is 1. The molecule has 3 rings (SSSR count). The molecule has 3 aromatic rings. The number of nitrogen functional groups attached to an aromatic ring is 1. The van der Waals surface area contributed by atoms with Crippen LogP contribution in [0.2, 0.25) is 0 Å². The third kappa shape index (κ3) is 1.68. The highest BCUT2D eigenvalue weighted by atomic mass is 32.1. The van der Waals surface area contributed by atoms with E-state index in [1.54, 1.807) is 5.38 Å². The van der Waals surface area contributed by atoms with Gasteiger partial charge in [-0.15, -0.1) is 11.3 Å². The molecule has 0 saturated carbocycles. The largest absolute Gasteiger partial charge is 0.375 e. The number of rotatable bonds is 1. The number of hydrogen-bond acceptors (Lipinski definition) is 5. The standard InChI is InChI=1S/C11H8N4OS/c12-11-15-8(5-17-11)9-10(16)14-7-4-2-1-3-6(7)13-9/h1-5H,(H2,12,15)(H,14,16). The fraction of sp³-hybridized carbons (Fsp3) is 0. The Morgan fingerprint density at radius 2 is 2.06 bits per heavy atom. The van der Waals surface area contributed by atoms with Gasteiger partial charge in [0.25, 0.3) is 5.56 Å². The van der Waals surface area contributed by atoms with Crippen molar-refractivity contribution in [1.82, 2.24) is 15.0 Å². The molecule has 0 unspecified atom stereocenters. The summed E-state index contributed by atoms with van der Waals surface area (Å²) in [6, 6.07) is 7.36. The van der Waals surface area contributed by atoms with Crippen LogP contribution in [0.25, 0.3) is 22.4 Å². The molecule has 0 saturated heterocycles. The van der Waals surface area contributed by atoms with Gasteiger partial charge in [0.05, 0.1) is 11.0 Å². The van der Waals surface area contributed by atoms with Gasteiger partial charge in [0.2, 0.25) is 0 Å². The highest BCUT2D eigenvalue weighted by molar-refractivity contribution is 7.13. The van der Waals surface area contributed by atoms with Gasteiger partial charge in [-0.25, -0.2) is 9.97 Å². The lowest BCUT2D eigenvalue weighted by Crippen LogP contribution is -2.11. The molecule has 84 valence electrons. The average Bonchev–Trinajstić information content (AvgIpc) is 2.75. The van der Waals surface area contributed by atoms with Gasteiger partial charge in [-0.2, -0.15) is 0 Å². The minimum absolute atomic E-state index is 0.256. The average molecular weight is 244 g/mol. The Hall–Kier alpha value is -2.21. The Labute approximate surface area is 100.0 Å². The Kier molecular flexibility index (Phi) is 2.15. The van der Waals surface area contributed by atoms with Crippen molar-refractivity contribution in [2.24, 2.45) is 0 Å². The summed E-state index contributed by atoms with van der Waals surface area (Å²) in [6.07, 6.45) is 0. The van der Waals surface area contributed by atoms with Crippen LogP contribution in [0, 0.1) is 0 Å². The SMILES string of the molecule is Nc1nc(-c2nc3ccccc3[nH]c2=O)cs1. The number of aromatic nitrogens is 3. The molecule has 0 fully saturated rings. The van der Waals surface area contributed by atoms with Crippen LogP contribution < -0.4 is 11.3 Å². The van der Waals surface area contributed by atoms with E-state index < -0.39 is 0 Å². The highest BCUT2D eigenvalue weighted by Crippen LogP contribution is 2.19. The Morgan fingerprint density at radius 1 is 1.24 bits per heavy atom. The van der Waals surface area contributed by atoms with Crippen molar-refractivity contribution in [1.29, 1.82) is 0 Å². The van der Waals surface area contributed by atoms with E-state index >= 15 is 0 Å². The lowest BCUT2D eigenvalue weighted by atomic mass is 10.2. The van der Waals surface area contributed by atoms with Crippen LogP contribution >= 0.6 is 11.3 Å². The molecular weight excluding hydrogens is 236 g/mol. The molecule has 17 heavy (non-hydrogen) atoms. The van der Waals surface area contributed by atoms with E-state index in [0.717, 1.165) is 5.52 Å². The van der Waals surface area contributed by atoms with Crippen molar-refractivity contribution in [2.45, 2.75) is 0 Å². The Bertz CT molecular complexity index is 746. The van der Waals surface area contributed by atoms with Crippen LogP contribution in [-0.4, -0.2) is 15.0 Å². The number of benzene rings is 1. The summed E-state index contributed by atoms with van der Waals surface area (Å²) < 4.78 is 0. The number of aromatic amines is 1. The van der Waals surface area contributed by atoms with E-state index in [-0.39, 0.29) is 5.56 Å². The van der Waals surface area contributed by atoms with Gasteiger partial charge in [0.1, 0.15) is 5.69 Å². The molecule has 6 heteroatoms. The summed E-state index contributed by atoms with van der Waals surface area (Å²) in [7, 11) is 0. The van der Waals surface area contributed by atoms with Gasteiger partial charge in [-0.05, 0) is 12.1 Å². The van der Waals surface area contributed by atoms with E-state index in [1.165, 1.54) is 11.3 Å². The molecule has 2 aromatic heterocycles. The van der Waals surface area contributed by atoms with E-state index in [2.05, 4.69) is 15.0 Å². The first kappa shape index (κ1) is 9.98. The molecule has 0 radical (unpaired) electrons. The molecule has 0 aliphatic rings.